The first-order chi connectivity index (χ1) is 9.52. The molecule has 2 aromatic rings. The third-order valence-electron chi connectivity index (χ3n) is 2.57. The van der Waals surface area contributed by atoms with Crippen LogP contribution in [0.1, 0.15) is 17.3 Å². The summed E-state index contributed by atoms with van der Waals surface area (Å²) in [5, 5.41) is 0.0775. The van der Waals surface area contributed by atoms with E-state index >= 15 is 0 Å². The molecule has 0 aliphatic rings. The molecule has 7 heteroatoms. The molecule has 0 amide bonds. The van der Waals surface area contributed by atoms with Gasteiger partial charge >= 0.3 is 12.6 Å². The lowest BCUT2D eigenvalue weighted by atomic mass is 10.1. The molecule has 0 saturated carbocycles. The molecule has 0 atom stereocenters. The van der Waals surface area contributed by atoms with Crippen molar-refractivity contribution in [2.24, 2.45) is 0 Å². The summed E-state index contributed by atoms with van der Waals surface area (Å²) < 4.78 is 33.3. The molecule has 106 valence electrons. The summed E-state index contributed by atoms with van der Waals surface area (Å²) in [5.41, 5.74) is -0.380. The topological polar surface area (TPSA) is 68.4 Å². The first kappa shape index (κ1) is 14.0. The van der Waals surface area contributed by atoms with Crippen LogP contribution in [-0.2, 0) is 4.74 Å². The number of carbonyl (C=O) groups is 1. The summed E-state index contributed by atoms with van der Waals surface area (Å²) in [4.78, 5) is 26.4. The molecule has 1 aromatic heterocycles. The fraction of sp³-hybridized carbons (Fsp3) is 0.231. The number of pyridine rings is 1. The van der Waals surface area contributed by atoms with Gasteiger partial charge in [0.1, 0.15) is 11.3 Å². The number of hydrogen-bond donors (Lipinski definition) is 1. The average molecular weight is 283 g/mol. The lowest BCUT2D eigenvalue weighted by Crippen LogP contribution is -2.18. The molecule has 1 N–H and O–H groups in total. The molecule has 0 fully saturated rings. The molecule has 1 heterocycles. The molecule has 5 nitrogen and oxygen atoms in total. The third-order valence-corrected chi connectivity index (χ3v) is 2.57. The first-order valence-corrected chi connectivity index (χ1v) is 5.80. The van der Waals surface area contributed by atoms with Crippen LogP contribution in [0.2, 0.25) is 0 Å². The van der Waals surface area contributed by atoms with E-state index in [4.69, 9.17) is 4.74 Å². The van der Waals surface area contributed by atoms with E-state index < -0.39 is 18.0 Å². The van der Waals surface area contributed by atoms with Crippen LogP contribution in [0.25, 0.3) is 10.9 Å². The molecule has 0 spiro atoms. The highest BCUT2D eigenvalue weighted by Crippen LogP contribution is 2.19. The van der Waals surface area contributed by atoms with Gasteiger partial charge in [0.25, 0.3) is 0 Å². The molecular formula is C13H11F2NO4. The van der Waals surface area contributed by atoms with Crippen LogP contribution in [0.4, 0.5) is 8.78 Å². The summed E-state index contributed by atoms with van der Waals surface area (Å²) in [6.45, 7) is -1.24. The summed E-state index contributed by atoms with van der Waals surface area (Å²) in [6.07, 6.45) is 1.23. The van der Waals surface area contributed by atoms with Gasteiger partial charge in [0.2, 0.25) is 5.43 Å². The third kappa shape index (κ3) is 2.76. The average Bonchev–Trinajstić information content (AvgIpc) is 2.39. The van der Waals surface area contributed by atoms with Crippen molar-refractivity contribution < 1.29 is 23.0 Å². The Labute approximate surface area is 112 Å². The number of alkyl halides is 2. The predicted octanol–water partition coefficient (Wildman–Crippen LogP) is 2.31. The maximum atomic E-state index is 12.1. The van der Waals surface area contributed by atoms with Crippen molar-refractivity contribution in [1.29, 1.82) is 0 Å². The van der Waals surface area contributed by atoms with Gasteiger partial charge in [-0.3, -0.25) is 4.79 Å². The van der Waals surface area contributed by atoms with Crippen molar-refractivity contribution in [2.75, 3.05) is 6.61 Å². The molecule has 0 radical (unpaired) electrons. The van der Waals surface area contributed by atoms with Gasteiger partial charge in [-0.2, -0.15) is 8.78 Å². The molecule has 0 aliphatic carbocycles. The zero-order chi connectivity index (χ0) is 14.7. The number of benzene rings is 1. The number of aromatic amines is 1. The number of ether oxygens (including phenoxy) is 2. The normalized spacial score (nSPS) is 10.8. The zero-order valence-electron chi connectivity index (χ0n) is 10.5. The largest absolute Gasteiger partial charge is 0.462 e. The summed E-state index contributed by atoms with van der Waals surface area (Å²) >= 11 is 0. The Morgan fingerprint density at radius 1 is 1.40 bits per heavy atom. The van der Waals surface area contributed by atoms with Crippen LogP contribution < -0.4 is 10.2 Å². The molecule has 20 heavy (non-hydrogen) atoms. The number of esters is 1. The fourth-order valence-electron chi connectivity index (χ4n) is 1.73. The molecule has 0 aliphatic heterocycles. The van der Waals surface area contributed by atoms with Crippen LogP contribution in [0, 0.1) is 0 Å². The molecule has 0 saturated heterocycles. The number of nitrogens with one attached hydrogen (secondary N) is 1. The second-order valence-electron chi connectivity index (χ2n) is 3.84. The Kier molecular flexibility index (Phi) is 3.97. The zero-order valence-corrected chi connectivity index (χ0v) is 10.5. The minimum atomic E-state index is -2.99. The quantitative estimate of drug-likeness (QED) is 0.874. The molecule has 0 bridgehead atoms. The van der Waals surface area contributed by atoms with Gasteiger partial charge in [0.05, 0.1) is 12.0 Å². The highest BCUT2D eigenvalue weighted by Gasteiger charge is 2.15. The van der Waals surface area contributed by atoms with E-state index in [2.05, 4.69) is 9.72 Å². The smallest absolute Gasteiger partial charge is 0.387 e. The maximum absolute atomic E-state index is 12.1. The highest BCUT2D eigenvalue weighted by atomic mass is 19.3. The number of H-pyrrole nitrogens is 1. The molecule has 0 unspecified atom stereocenters. The van der Waals surface area contributed by atoms with Crippen molar-refractivity contribution >= 4 is 16.9 Å². The van der Waals surface area contributed by atoms with Gasteiger partial charge in [-0.05, 0) is 25.1 Å². The van der Waals surface area contributed by atoms with Crippen molar-refractivity contribution in [3.8, 4) is 5.75 Å². The minimum Gasteiger partial charge on any atom is -0.462 e. The lowest BCUT2D eigenvalue weighted by molar-refractivity contribution is -0.0497. The van der Waals surface area contributed by atoms with Crippen LogP contribution in [0.5, 0.6) is 5.75 Å². The number of hydrogen-bond acceptors (Lipinski definition) is 4. The van der Waals surface area contributed by atoms with Gasteiger partial charge in [0.15, 0.2) is 0 Å². The number of rotatable bonds is 4. The van der Waals surface area contributed by atoms with Crippen LogP contribution >= 0.6 is 0 Å². The van der Waals surface area contributed by atoms with Gasteiger partial charge < -0.3 is 14.5 Å². The van der Waals surface area contributed by atoms with Crippen molar-refractivity contribution in [3.63, 3.8) is 0 Å². The highest BCUT2D eigenvalue weighted by molar-refractivity contribution is 5.93. The number of aromatic nitrogens is 1. The monoisotopic (exact) mass is 283 g/mol. The van der Waals surface area contributed by atoms with Crippen molar-refractivity contribution in [1.82, 2.24) is 4.98 Å². The van der Waals surface area contributed by atoms with Crippen LogP contribution in [0.3, 0.4) is 0 Å². The van der Waals surface area contributed by atoms with Gasteiger partial charge in [-0.15, -0.1) is 0 Å². The van der Waals surface area contributed by atoms with E-state index in [0.717, 1.165) is 6.07 Å². The van der Waals surface area contributed by atoms with Crippen LogP contribution in [0.15, 0.2) is 29.2 Å². The number of carbonyl (C=O) groups excluding carboxylic acids is 1. The lowest BCUT2D eigenvalue weighted by Gasteiger charge is -2.06. The SMILES string of the molecule is CCOC(=O)c1c[nH]c2ccc(OC(F)F)cc2c1=O. The second kappa shape index (κ2) is 5.68. The van der Waals surface area contributed by atoms with E-state index in [0.29, 0.717) is 5.52 Å². The predicted molar refractivity (Wildman–Crippen MR) is 67.2 cm³/mol. The number of halogens is 2. The summed E-state index contributed by atoms with van der Waals surface area (Å²) in [7, 11) is 0. The van der Waals surface area contributed by atoms with E-state index in [-0.39, 0.29) is 23.3 Å². The summed E-state index contributed by atoms with van der Waals surface area (Å²) in [6, 6.07) is 3.88. The van der Waals surface area contributed by atoms with E-state index in [1.54, 1.807) is 6.92 Å². The Morgan fingerprint density at radius 2 is 2.15 bits per heavy atom. The minimum absolute atomic E-state index is 0.0775. The molecule has 2 rings (SSSR count). The van der Waals surface area contributed by atoms with E-state index in [1.807, 2.05) is 0 Å². The Balaban J connectivity index is 2.52. The Morgan fingerprint density at radius 3 is 2.80 bits per heavy atom. The molecule has 1 aromatic carbocycles. The molecular weight excluding hydrogens is 272 g/mol. The standard InChI is InChI=1S/C13H11F2NO4/c1-2-19-12(18)9-6-16-10-4-3-7(20-13(14)15)5-8(10)11(9)17/h3-6,13H,2H2,1H3,(H,16,17). The maximum Gasteiger partial charge on any atom is 0.387 e. The number of fused-ring (bicyclic) bond motifs is 1. The van der Waals surface area contributed by atoms with Crippen LogP contribution in [-0.4, -0.2) is 24.2 Å². The van der Waals surface area contributed by atoms with Gasteiger partial charge in [-0.1, -0.05) is 0 Å². The summed E-state index contributed by atoms with van der Waals surface area (Å²) in [5.74, 6) is -0.921. The van der Waals surface area contributed by atoms with Gasteiger partial charge in [-0.25, -0.2) is 4.79 Å². The fourth-order valence-corrected chi connectivity index (χ4v) is 1.73. The Hall–Kier alpha value is -2.44. The van der Waals surface area contributed by atoms with E-state index in [9.17, 15) is 18.4 Å². The van der Waals surface area contributed by atoms with Gasteiger partial charge in [0, 0.05) is 11.7 Å². The van der Waals surface area contributed by atoms with Crippen molar-refractivity contribution in [2.45, 2.75) is 13.5 Å². The second-order valence-corrected chi connectivity index (χ2v) is 3.84. The Bertz CT molecular complexity index is 696. The van der Waals surface area contributed by atoms with Crippen molar-refractivity contribution in [3.05, 3.63) is 40.2 Å². The van der Waals surface area contributed by atoms with E-state index in [1.165, 1.54) is 18.3 Å². The first-order valence-electron chi connectivity index (χ1n) is 5.80.